The molecule has 0 unspecified atom stereocenters. The van der Waals surface area contributed by atoms with E-state index >= 15 is 0 Å². The van der Waals surface area contributed by atoms with E-state index in [1.165, 1.54) is 0 Å². The summed E-state index contributed by atoms with van der Waals surface area (Å²) in [7, 11) is 0. The van der Waals surface area contributed by atoms with E-state index in [4.69, 9.17) is 4.74 Å². The van der Waals surface area contributed by atoms with E-state index in [0.29, 0.717) is 6.61 Å². The minimum atomic E-state index is 0. The van der Waals surface area contributed by atoms with Crippen LogP contribution in [0.5, 0.6) is 5.75 Å². The Kier molecular flexibility index (Phi) is 6.85. The summed E-state index contributed by atoms with van der Waals surface area (Å²) in [5, 5.41) is 0. The molecule has 0 bridgehead atoms. The molecule has 3 heteroatoms. The fourth-order valence-corrected chi connectivity index (χ4v) is 0.772. The number of hydrogen-bond acceptors (Lipinski definition) is 2. The summed E-state index contributed by atoms with van der Waals surface area (Å²) < 4.78 is 5.28. The Labute approximate surface area is 89.6 Å². The van der Waals surface area contributed by atoms with Crippen LogP contribution >= 0.6 is 36.6 Å². The molecule has 1 aromatic carbocycles. The number of benzene rings is 1. The number of halogens is 1. The van der Waals surface area contributed by atoms with Gasteiger partial charge < -0.3 is 4.74 Å². The van der Waals surface area contributed by atoms with Gasteiger partial charge in [0.25, 0.3) is 0 Å². The Bertz CT molecular complexity index is 179. The highest BCUT2D eigenvalue weighted by molar-refractivity contribution is 14.0. The number of rotatable bonds is 3. The van der Waals surface area contributed by atoms with Crippen molar-refractivity contribution in [3.8, 4) is 5.75 Å². The lowest BCUT2D eigenvalue weighted by Crippen LogP contribution is -1.97. The highest BCUT2D eigenvalue weighted by Gasteiger charge is 1.86. The average Bonchev–Trinajstić information content (AvgIpc) is 2.03. The molecule has 0 atom stereocenters. The maximum Gasteiger partial charge on any atom is 0.119 e. The quantitative estimate of drug-likeness (QED) is 0.662. The van der Waals surface area contributed by atoms with E-state index in [-0.39, 0.29) is 24.0 Å². The number of ether oxygens (including phenoxy) is 1. The molecule has 0 radical (unpaired) electrons. The summed E-state index contributed by atoms with van der Waals surface area (Å²) in [4.78, 5) is 0. The third-order valence-corrected chi connectivity index (χ3v) is 1.29. The molecule has 0 amide bonds. The Morgan fingerprint density at radius 1 is 1.18 bits per heavy atom. The first-order valence-electron chi connectivity index (χ1n) is 3.22. The van der Waals surface area contributed by atoms with E-state index < -0.39 is 0 Å². The van der Waals surface area contributed by atoms with Gasteiger partial charge in [0.2, 0.25) is 0 Å². The van der Waals surface area contributed by atoms with Crippen LogP contribution in [0.3, 0.4) is 0 Å². The van der Waals surface area contributed by atoms with Crippen LogP contribution in [0.1, 0.15) is 0 Å². The van der Waals surface area contributed by atoms with Crippen LogP contribution in [-0.2, 0) is 0 Å². The molecule has 11 heavy (non-hydrogen) atoms. The smallest absolute Gasteiger partial charge is 0.119 e. The number of thiol groups is 1. The molecule has 0 aliphatic rings. The summed E-state index contributed by atoms with van der Waals surface area (Å²) in [6, 6.07) is 9.74. The molecule has 0 saturated heterocycles. The first-order chi connectivity index (χ1) is 4.93. The standard InChI is InChI=1S/C8H10OS.HI/c10-7-6-9-8-4-2-1-3-5-8;/h1-5,10H,6-7H2;1H. The zero-order valence-corrected chi connectivity index (χ0v) is 9.29. The summed E-state index contributed by atoms with van der Waals surface area (Å²) in [6.45, 7) is 0.674. The Morgan fingerprint density at radius 3 is 2.36 bits per heavy atom. The number of hydrogen-bond donors (Lipinski definition) is 1. The molecule has 0 heterocycles. The van der Waals surface area contributed by atoms with Crippen LogP contribution in [-0.4, -0.2) is 12.4 Å². The third-order valence-electron chi connectivity index (χ3n) is 1.10. The third kappa shape index (κ3) is 4.53. The monoisotopic (exact) mass is 282 g/mol. The van der Waals surface area contributed by atoms with Crippen molar-refractivity contribution in [2.75, 3.05) is 12.4 Å². The van der Waals surface area contributed by atoms with Gasteiger partial charge in [0.1, 0.15) is 5.75 Å². The fraction of sp³-hybridized carbons (Fsp3) is 0.250. The zero-order chi connectivity index (χ0) is 7.23. The van der Waals surface area contributed by atoms with Gasteiger partial charge in [-0.1, -0.05) is 18.2 Å². The van der Waals surface area contributed by atoms with E-state index in [0.717, 1.165) is 11.5 Å². The van der Waals surface area contributed by atoms with Crippen molar-refractivity contribution in [1.82, 2.24) is 0 Å². The lowest BCUT2D eigenvalue weighted by molar-refractivity contribution is 0.344. The summed E-state index contributed by atoms with van der Waals surface area (Å²) in [5.41, 5.74) is 0. The van der Waals surface area contributed by atoms with Crippen molar-refractivity contribution >= 4 is 36.6 Å². The van der Waals surface area contributed by atoms with Crippen LogP contribution in [0, 0.1) is 0 Å². The van der Waals surface area contributed by atoms with Crippen molar-refractivity contribution in [1.29, 1.82) is 0 Å². The minimum Gasteiger partial charge on any atom is -0.493 e. The molecule has 62 valence electrons. The average molecular weight is 282 g/mol. The van der Waals surface area contributed by atoms with E-state index in [1.807, 2.05) is 30.3 Å². The normalized spacial score (nSPS) is 8.45. The SMILES string of the molecule is I.SCCOc1ccccc1. The van der Waals surface area contributed by atoms with Gasteiger partial charge in [-0.25, -0.2) is 0 Å². The van der Waals surface area contributed by atoms with Gasteiger partial charge in [-0.3, -0.25) is 0 Å². The predicted molar refractivity (Wildman–Crippen MR) is 61.2 cm³/mol. The van der Waals surface area contributed by atoms with Crippen molar-refractivity contribution < 1.29 is 4.74 Å². The molecule has 0 aliphatic carbocycles. The molecule has 1 aromatic rings. The molecule has 0 aromatic heterocycles. The highest BCUT2D eigenvalue weighted by Crippen LogP contribution is 2.07. The second-order valence-electron chi connectivity index (χ2n) is 1.89. The van der Waals surface area contributed by atoms with Crippen LogP contribution < -0.4 is 4.74 Å². The van der Waals surface area contributed by atoms with E-state index in [1.54, 1.807) is 0 Å². The molecule has 0 saturated carbocycles. The van der Waals surface area contributed by atoms with E-state index in [9.17, 15) is 0 Å². The zero-order valence-electron chi connectivity index (χ0n) is 6.06. The molecule has 1 rings (SSSR count). The molecule has 0 aliphatic heterocycles. The topological polar surface area (TPSA) is 9.23 Å². The first-order valence-corrected chi connectivity index (χ1v) is 3.85. The molecular formula is C8H11IOS. The van der Waals surface area contributed by atoms with Gasteiger partial charge in [-0.05, 0) is 12.1 Å². The lowest BCUT2D eigenvalue weighted by Gasteiger charge is -2.01. The molecule has 1 nitrogen and oxygen atoms in total. The second-order valence-corrected chi connectivity index (χ2v) is 2.33. The minimum absolute atomic E-state index is 0. The molecule has 0 N–H and O–H groups in total. The lowest BCUT2D eigenvalue weighted by atomic mass is 10.3. The molecular weight excluding hydrogens is 271 g/mol. The second kappa shape index (κ2) is 6.79. The van der Waals surface area contributed by atoms with Crippen LogP contribution in [0.2, 0.25) is 0 Å². The van der Waals surface area contributed by atoms with Gasteiger partial charge in [-0.2, -0.15) is 12.6 Å². The van der Waals surface area contributed by atoms with Gasteiger partial charge in [0, 0.05) is 5.75 Å². The van der Waals surface area contributed by atoms with Gasteiger partial charge in [0.15, 0.2) is 0 Å². The Balaban J connectivity index is 0.000001000. The largest absolute Gasteiger partial charge is 0.493 e. The van der Waals surface area contributed by atoms with E-state index in [2.05, 4.69) is 12.6 Å². The Hall–Kier alpha value is 0.100. The number of para-hydroxylation sites is 1. The van der Waals surface area contributed by atoms with Crippen molar-refractivity contribution in [3.63, 3.8) is 0 Å². The highest BCUT2D eigenvalue weighted by atomic mass is 127. The Morgan fingerprint density at radius 2 is 1.82 bits per heavy atom. The summed E-state index contributed by atoms with van der Waals surface area (Å²) >= 11 is 4.03. The van der Waals surface area contributed by atoms with Crippen molar-refractivity contribution in [2.24, 2.45) is 0 Å². The van der Waals surface area contributed by atoms with Gasteiger partial charge >= 0.3 is 0 Å². The van der Waals surface area contributed by atoms with Crippen molar-refractivity contribution in [2.45, 2.75) is 0 Å². The summed E-state index contributed by atoms with van der Waals surface area (Å²) in [5.74, 6) is 1.67. The molecule has 0 spiro atoms. The maximum atomic E-state index is 5.28. The molecule has 0 fully saturated rings. The summed E-state index contributed by atoms with van der Waals surface area (Å²) in [6.07, 6.45) is 0. The maximum absolute atomic E-state index is 5.28. The van der Waals surface area contributed by atoms with Gasteiger partial charge in [0.05, 0.1) is 6.61 Å². The predicted octanol–water partition coefficient (Wildman–Crippen LogP) is 2.61. The van der Waals surface area contributed by atoms with Crippen LogP contribution in [0.15, 0.2) is 30.3 Å². The van der Waals surface area contributed by atoms with Gasteiger partial charge in [-0.15, -0.1) is 24.0 Å². The van der Waals surface area contributed by atoms with Crippen LogP contribution in [0.25, 0.3) is 0 Å². The van der Waals surface area contributed by atoms with Crippen molar-refractivity contribution in [3.05, 3.63) is 30.3 Å². The first kappa shape index (κ1) is 11.1. The fourth-order valence-electron chi connectivity index (χ4n) is 0.680. The van der Waals surface area contributed by atoms with Crippen LogP contribution in [0.4, 0.5) is 0 Å².